The van der Waals surface area contributed by atoms with Gasteiger partial charge >= 0.3 is 0 Å². The van der Waals surface area contributed by atoms with E-state index in [0.717, 1.165) is 47.5 Å². The van der Waals surface area contributed by atoms with Crippen LogP contribution in [0.1, 0.15) is 17.6 Å². The van der Waals surface area contributed by atoms with Crippen LogP contribution in [0.25, 0.3) is 11.3 Å². The molecule has 3 heterocycles. The molecule has 0 amide bonds. The van der Waals surface area contributed by atoms with E-state index in [1.54, 1.807) is 6.33 Å². The fourth-order valence-corrected chi connectivity index (χ4v) is 3.08. The molecule has 1 fully saturated rings. The number of imidazole rings is 2. The van der Waals surface area contributed by atoms with Gasteiger partial charge in [-0.2, -0.15) is 0 Å². The molecule has 0 saturated carbocycles. The molecule has 124 valence electrons. The number of ether oxygens (including phenoxy) is 1. The van der Waals surface area contributed by atoms with Gasteiger partial charge in [0.15, 0.2) is 0 Å². The summed E-state index contributed by atoms with van der Waals surface area (Å²) >= 11 is 5.96. The maximum absolute atomic E-state index is 5.96. The zero-order chi connectivity index (χ0) is 16.4. The quantitative estimate of drug-likeness (QED) is 0.764. The SMILES string of the molecule is Clc1ccc(-c2cnc(C3COCCN3Cc3cnc[nH]3)[nH]2)cc1. The third kappa shape index (κ3) is 3.21. The van der Waals surface area contributed by atoms with E-state index in [9.17, 15) is 0 Å². The molecule has 2 aromatic heterocycles. The van der Waals surface area contributed by atoms with Gasteiger partial charge in [-0.15, -0.1) is 0 Å². The van der Waals surface area contributed by atoms with Gasteiger partial charge in [-0.05, 0) is 17.7 Å². The first-order valence-electron chi connectivity index (χ1n) is 7.89. The molecular formula is C17H18ClN5O. The lowest BCUT2D eigenvalue weighted by Crippen LogP contribution is -2.39. The largest absolute Gasteiger partial charge is 0.378 e. The lowest BCUT2D eigenvalue weighted by Gasteiger charge is -2.33. The highest BCUT2D eigenvalue weighted by molar-refractivity contribution is 6.30. The third-order valence-electron chi connectivity index (χ3n) is 4.23. The van der Waals surface area contributed by atoms with Crippen LogP contribution in [0, 0.1) is 0 Å². The highest BCUT2D eigenvalue weighted by Crippen LogP contribution is 2.26. The monoisotopic (exact) mass is 343 g/mol. The molecule has 1 unspecified atom stereocenters. The van der Waals surface area contributed by atoms with E-state index in [4.69, 9.17) is 16.3 Å². The Kier molecular flexibility index (Phi) is 4.34. The molecule has 1 saturated heterocycles. The zero-order valence-electron chi connectivity index (χ0n) is 13.1. The molecule has 24 heavy (non-hydrogen) atoms. The normalized spacial score (nSPS) is 18.8. The average Bonchev–Trinajstić information content (AvgIpc) is 3.28. The van der Waals surface area contributed by atoms with Crippen molar-refractivity contribution in [2.45, 2.75) is 12.6 Å². The van der Waals surface area contributed by atoms with E-state index in [1.807, 2.05) is 36.7 Å². The van der Waals surface area contributed by atoms with Crippen molar-refractivity contribution in [1.82, 2.24) is 24.8 Å². The Balaban J connectivity index is 1.56. The van der Waals surface area contributed by atoms with Gasteiger partial charge in [0, 0.05) is 30.0 Å². The molecule has 1 aliphatic heterocycles. The minimum Gasteiger partial charge on any atom is -0.378 e. The van der Waals surface area contributed by atoms with Crippen molar-refractivity contribution in [2.24, 2.45) is 0 Å². The Morgan fingerprint density at radius 1 is 1.25 bits per heavy atom. The lowest BCUT2D eigenvalue weighted by atomic mass is 10.2. The van der Waals surface area contributed by atoms with Crippen LogP contribution in [0.3, 0.4) is 0 Å². The molecular weight excluding hydrogens is 326 g/mol. The Labute approximate surface area is 144 Å². The van der Waals surface area contributed by atoms with E-state index in [-0.39, 0.29) is 6.04 Å². The molecule has 1 atom stereocenters. The van der Waals surface area contributed by atoms with Crippen molar-refractivity contribution < 1.29 is 4.74 Å². The van der Waals surface area contributed by atoms with Gasteiger partial charge in [0.1, 0.15) is 5.82 Å². The van der Waals surface area contributed by atoms with Gasteiger partial charge in [-0.1, -0.05) is 23.7 Å². The van der Waals surface area contributed by atoms with Crippen molar-refractivity contribution in [2.75, 3.05) is 19.8 Å². The molecule has 1 aromatic carbocycles. The first kappa shape index (κ1) is 15.4. The van der Waals surface area contributed by atoms with Crippen LogP contribution in [0.15, 0.2) is 43.0 Å². The molecule has 1 aliphatic rings. The fraction of sp³-hybridized carbons (Fsp3) is 0.294. The number of aromatic amines is 2. The smallest absolute Gasteiger partial charge is 0.126 e. The Morgan fingerprint density at radius 2 is 2.12 bits per heavy atom. The van der Waals surface area contributed by atoms with Gasteiger partial charge < -0.3 is 14.7 Å². The van der Waals surface area contributed by atoms with Crippen molar-refractivity contribution in [3.63, 3.8) is 0 Å². The maximum atomic E-state index is 5.96. The summed E-state index contributed by atoms with van der Waals surface area (Å²) in [6, 6.07) is 7.83. The van der Waals surface area contributed by atoms with Crippen molar-refractivity contribution in [1.29, 1.82) is 0 Å². The molecule has 0 spiro atoms. The molecule has 6 nitrogen and oxygen atoms in total. The van der Waals surface area contributed by atoms with Gasteiger partial charge in [-0.25, -0.2) is 9.97 Å². The van der Waals surface area contributed by atoms with Crippen molar-refractivity contribution in [3.05, 3.63) is 59.5 Å². The number of aromatic nitrogens is 4. The molecule has 7 heteroatoms. The van der Waals surface area contributed by atoms with Gasteiger partial charge in [0.2, 0.25) is 0 Å². The minimum absolute atomic E-state index is 0.100. The first-order chi connectivity index (χ1) is 11.8. The number of H-pyrrole nitrogens is 2. The number of rotatable bonds is 4. The van der Waals surface area contributed by atoms with Crippen LogP contribution >= 0.6 is 11.6 Å². The molecule has 0 bridgehead atoms. The Bertz CT molecular complexity index is 784. The molecule has 4 rings (SSSR count). The summed E-state index contributed by atoms with van der Waals surface area (Å²) in [5.41, 5.74) is 3.13. The van der Waals surface area contributed by atoms with Crippen LogP contribution < -0.4 is 0 Å². The highest BCUT2D eigenvalue weighted by Gasteiger charge is 2.27. The van der Waals surface area contributed by atoms with E-state index < -0.39 is 0 Å². The number of hydrogen-bond donors (Lipinski definition) is 2. The van der Waals surface area contributed by atoms with Gasteiger partial charge in [0.05, 0.1) is 37.5 Å². The second-order valence-corrected chi connectivity index (χ2v) is 6.26. The van der Waals surface area contributed by atoms with E-state index in [2.05, 4.69) is 24.8 Å². The van der Waals surface area contributed by atoms with Crippen molar-refractivity contribution >= 4 is 11.6 Å². The number of nitrogens with zero attached hydrogens (tertiary/aromatic N) is 3. The van der Waals surface area contributed by atoms with Crippen LogP contribution in [0.5, 0.6) is 0 Å². The minimum atomic E-state index is 0.100. The van der Waals surface area contributed by atoms with Crippen LogP contribution in [-0.4, -0.2) is 44.6 Å². The second-order valence-electron chi connectivity index (χ2n) is 5.83. The fourth-order valence-electron chi connectivity index (χ4n) is 2.95. The number of halogens is 1. The summed E-state index contributed by atoms with van der Waals surface area (Å²) < 4.78 is 5.67. The van der Waals surface area contributed by atoms with Crippen LogP contribution in [-0.2, 0) is 11.3 Å². The number of nitrogens with one attached hydrogen (secondary N) is 2. The van der Waals surface area contributed by atoms with Gasteiger partial charge in [-0.3, -0.25) is 4.90 Å². The predicted molar refractivity (Wildman–Crippen MR) is 91.6 cm³/mol. The Hall–Kier alpha value is -2.15. The maximum Gasteiger partial charge on any atom is 0.126 e. The Morgan fingerprint density at radius 3 is 2.92 bits per heavy atom. The van der Waals surface area contributed by atoms with Crippen molar-refractivity contribution in [3.8, 4) is 11.3 Å². The standard InChI is InChI=1S/C17H18ClN5O/c18-13-3-1-12(2-4-13)15-8-20-17(22-15)16-10-24-6-5-23(16)9-14-7-19-11-21-14/h1-4,7-8,11,16H,5-6,9-10H2,(H,19,21)(H,20,22). The zero-order valence-corrected chi connectivity index (χ0v) is 13.8. The lowest BCUT2D eigenvalue weighted by molar-refractivity contribution is -0.0161. The third-order valence-corrected chi connectivity index (χ3v) is 4.49. The molecule has 0 aliphatic carbocycles. The number of benzene rings is 1. The van der Waals surface area contributed by atoms with Crippen LogP contribution in [0.4, 0.5) is 0 Å². The molecule has 2 N–H and O–H groups in total. The van der Waals surface area contributed by atoms with E-state index in [0.29, 0.717) is 6.61 Å². The average molecular weight is 344 g/mol. The number of morpholine rings is 1. The predicted octanol–water partition coefficient (Wildman–Crippen LogP) is 3.03. The topological polar surface area (TPSA) is 69.8 Å². The second kappa shape index (κ2) is 6.76. The van der Waals surface area contributed by atoms with E-state index in [1.165, 1.54) is 0 Å². The summed E-state index contributed by atoms with van der Waals surface area (Å²) in [5.74, 6) is 0.916. The summed E-state index contributed by atoms with van der Waals surface area (Å²) in [4.78, 5) is 17.6. The first-order valence-corrected chi connectivity index (χ1v) is 8.27. The summed E-state index contributed by atoms with van der Waals surface area (Å²) in [7, 11) is 0. The van der Waals surface area contributed by atoms with Gasteiger partial charge in [0.25, 0.3) is 0 Å². The summed E-state index contributed by atoms with van der Waals surface area (Å²) in [5, 5.41) is 0.727. The van der Waals surface area contributed by atoms with Crippen LogP contribution in [0.2, 0.25) is 5.02 Å². The highest BCUT2D eigenvalue weighted by atomic mass is 35.5. The molecule has 3 aromatic rings. The summed E-state index contributed by atoms with van der Waals surface area (Å²) in [6.45, 7) is 3.02. The number of hydrogen-bond acceptors (Lipinski definition) is 4. The molecule has 0 radical (unpaired) electrons. The summed E-state index contributed by atoms with van der Waals surface area (Å²) in [6.07, 6.45) is 5.42. The van der Waals surface area contributed by atoms with E-state index >= 15 is 0 Å².